The molecule has 2 heterocycles. The van der Waals surface area contributed by atoms with E-state index in [2.05, 4.69) is 26.0 Å². The fourth-order valence-electron chi connectivity index (χ4n) is 4.67. The maximum Gasteiger partial charge on any atom is 0.407 e. The third-order valence-corrected chi connectivity index (χ3v) is 6.84. The number of amides is 6. The third kappa shape index (κ3) is 9.45. The van der Waals surface area contributed by atoms with Gasteiger partial charge in [-0.25, -0.2) is 4.79 Å². The highest BCUT2D eigenvalue weighted by Gasteiger charge is 2.35. The lowest BCUT2D eigenvalue weighted by Gasteiger charge is -2.24. The first kappa shape index (κ1) is 31.8. The Morgan fingerprint density at radius 3 is 1.86 bits per heavy atom. The Kier molecular flexibility index (Phi) is 12.1. The summed E-state index contributed by atoms with van der Waals surface area (Å²) in [6.07, 6.45) is 1.22. The summed E-state index contributed by atoms with van der Waals surface area (Å²) in [6, 6.07) is 7.49. The fraction of sp³-hybridized carbons (Fsp3) is 0.519. The molecule has 228 valence electrons. The van der Waals surface area contributed by atoms with Crippen molar-refractivity contribution in [2.75, 3.05) is 46.4 Å². The highest BCUT2D eigenvalue weighted by Crippen LogP contribution is 2.18. The van der Waals surface area contributed by atoms with E-state index in [1.54, 1.807) is 12.1 Å². The van der Waals surface area contributed by atoms with Gasteiger partial charge in [-0.2, -0.15) is 0 Å². The highest BCUT2D eigenvalue weighted by molar-refractivity contribution is 5.94. The molecule has 0 unspecified atom stereocenters. The Morgan fingerprint density at radius 2 is 1.29 bits per heavy atom. The fourth-order valence-corrected chi connectivity index (χ4v) is 4.67. The zero-order valence-electron chi connectivity index (χ0n) is 23.4. The monoisotopic (exact) mass is 588 g/mol. The summed E-state index contributed by atoms with van der Waals surface area (Å²) in [6.45, 7) is -0.763. The second kappa shape index (κ2) is 15.9. The van der Waals surface area contributed by atoms with E-state index in [-0.39, 0.29) is 26.2 Å². The SMILES string of the molecule is COC(=O)CNC(=O)[C@@H]1CCCN1C(=O)CNC(=O)CNC(=O)[C@@H]1CCCN1C(=O)CNC(=O)OCc1ccccc1. The lowest BCUT2D eigenvalue weighted by atomic mass is 10.2. The minimum absolute atomic E-state index is 0.0499. The minimum Gasteiger partial charge on any atom is -0.468 e. The van der Waals surface area contributed by atoms with Gasteiger partial charge in [0.2, 0.25) is 29.5 Å². The van der Waals surface area contributed by atoms with Crippen molar-refractivity contribution in [2.45, 2.75) is 44.4 Å². The van der Waals surface area contributed by atoms with Gasteiger partial charge in [-0.1, -0.05) is 30.3 Å². The van der Waals surface area contributed by atoms with E-state index in [4.69, 9.17) is 4.74 Å². The van der Waals surface area contributed by atoms with Crippen molar-refractivity contribution in [1.82, 2.24) is 31.1 Å². The van der Waals surface area contributed by atoms with Crippen LogP contribution in [0.25, 0.3) is 0 Å². The van der Waals surface area contributed by atoms with E-state index in [0.717, 1.165) is 5.56 Å². The second-order valence-corrected chi connectivity index (χ2v) is 9.69. The Balaban J connectivity index is 1.36. The van der Waals surface area contributed by atoms with Gasteiger partial charge in [-0.3, -0.25) is 28.8 Å². The van der Waals surface area contributed by atoms with Crippen molar-refractivity contribution >= 4 is 41.6 Å². The Labute approximate surface area is 242 Å². The molecule has 2 atom stereocenters. The molecule has 2 saturated heterocycles. The quantitative estimate of drug-likeness (QED) is 0.209. The van der Waals surface area contributed by atoms with Crippen molar-refractivity contribution in [1.29, 1.82) is 0 Å². The molecule has 2 fully saturated rings. The van der Waals surface area contributed by atoms with Crippen LogP contribution in [0.4, 0.5) is 4.79 Å². The molecule has 1 aromatic rings. The predicted molar refractivity (Wildman–Crippen MR) is 145 cm³/mol. The Morgan fingerprint density at radius 1 is 0.738 bits per heavy atom. The molecule has 1 aromatic carbocycles. The van der Waals surface area contributed by atoms with Crippen LogP contribution in [-0.2, 0) is 44.8 Å². The maximum absolute atomic E-state index is 12.7. The summed E-state index contributed by atoms with van der Waals surface area (Å²) in [4.78, 5) is 88.5. The first-order chi connectivity index (χ1) is 20.2. The van der Waals surface area contributed by atoms with Gasteiger partial charge in [0.1, 0.15) is 31.8 Å². The van der Waals surface area contributed by atoms with E-state index in [1.165, 1.54) is 16.9 Å². The van der Waals surface area contributed by atoms with Gasteiger partial charge in [0.15, 0.2) is 0 Å². The zero-order chi connectivity index (χ0) is 30.5. The number of nitrogens with one attached hydrogen (secondary N) is 4. The summed E-state index contributed by atoms with van der Waals surface area (Å²) in [5.74, 6) is -3.20. The van der Waals surface area contributed by atoms with Gasteiger partial charge in [-0.05, 0) is 31.2 Å². The van der Waals surface area contributed by atoms with E-state index < -0.39 is 60.2 Å². The Bertz CT molecular complexity index is 1160. The topological polar surface area (TPSA) is 193 Å². The summed E-state index contributed by atoms with van der Waals surface area (Å²) >= 11 is 0. The van der Waals surface area contributed by atoms with Crippen LogP contribution in [0.5, 0.6) is 0 Å². The molecule has 4 N–H and O–H groups in total. The van der Waals surface area contributed by atoms with Gasteiger partial charge < -0.3 is 40.5 Å². The van der Waals surface area contributed by atoms with E-state index in [1.807, 2.05) is 18.2 Å². The average molecular weight is 589 g/mol. The van der Waals surface area contributed by atoms with E-state index >= 15 is 0 Å². The number of likely N-dealkylation sites (tertiary alicyclic amines) is 2. The highest BCUT2D eigenvalue weighted by atomic mass is 16.5. The molecule has 6 amide bonds. The van der Waals surface area contributed by atoms with Crippen molar-refractivity contribution < 1.29 is 43.0 Å². The second-order valence-electron chi connectivity index (χ2n) is 9.69. The summed E-state index contributed by atoms with van der Waals surface area (Å²) in [5, 5.41) is 9.71. The molecule has 42 heavy (non-hydrogen) atoms. The number of alkyl carbamates (subject to hydrolysis) is 1. The number of hydrogen-bond donors (Lipinski definition) is 4. The van der Waals surface area contributed by atoms with Crippen LogP contribution in [0.3, 0.4) is 0 Å². The standard InChI is InChI=1S/C27H36N6O9/c1-41-24(37)16-30-26(39)20-10-6-11-32(20)22(35)14-28-21(34)13-29-25(38)19-9-5-12-33(19)23(36)15-31-27(40)42-17-18-7-3-2-4-8-18/h2-4,7-8,19-20H,5-6,9-17H2,1H3,(H,28,34)(H,29,38)(H,30,39)(H,31,40)/t19-,20-/m0/s1. The first-order valence-electron chi connectivity index (χ1n) is 13.6. The molecule has 0 bridgehead atoms. The maximum atomic E-state index is 12.7. The van der Waals surface area contributed by atoms with Crippen LogP contribution < -0.4 is 21.3 Å². The van der Waals surface area contributed by atoms with Crippen molar-refractivity contribution in [3.05, 3.63) is 35.9 Å². The molecule has 0 aromatic heterocycles. The molecule has 0 aliphatic carbocycles. The number of esters is 1. The predicted octanol–water partition coefficient (Wildman–Crippen LogP) is -1.58. The molecule has 2 aliphatic rings. The van der Waals surface area contributed by atoms with Crippen molar-refractivity contribution in [3.8, 4) is 0 Å². The molecule has 15 nitrogen and oxygen atoms in total. The number of carbonyl (C=O) groups excluding carboxylic acids is 7. The average Bonchev–Trinajstić information content (AvgIpc) is 3.70. The van der Waals surface area contributed by atoms with Crippen molar-refractivity contribution in [2.24, 2.45) is 0 Å². The molecule has 15 heteroatoms. The zero-order valence-corrected chi connectivity index (χ0v) is 23.4. The number of carbonyl (C=O) groups is 7. The number of hydrogen-bond acceptors (Lipinski definition) is 9. The molecule has 0 spiro atoms. The molecule has 2 aliphatic heterocycles. The molecule has 3 rings (SSSR count). The Hall–Kier alpha value is -4.69. The van der Waals surface area contributed by atoms with Crippen LogP contribution in [0, 0.1) is 0 Å². The normalized spacial score (nSPS) is 17.6. The van der Waals surface area contributed by atoms with Crippen LogP contribution in [-0.4, -0.2) is 110 Å². The lowest BCUT2D eigenvalue weighted by molar-refractivity contribution is -0.142. The van der Waals surface area contributed by atoms with Crippen LogP contribution in [0.1, 0.15) is 31.2 Å². The van der Waals surface area contributed by atoms with Crippen LogP contribution in [0.15, 0.2) is 30.3 Å². The summed E-state index contributed by atoms with van der Waals surface area (Å²) in [7, 11) is 1.20. The van der Waals surface area contributed by atoms with Gasteiger partial charge in [-0.15, -0.1) is 0 Å². The van der Waals surface area contributed by atoms with Gasteiger partial charge in [0.25, 0.3) is 0 Å². The molecular formula is C27H36N6O9. The number of benzene rings is 1. The van der Waals surface area contributed by atoms with Crippen LogP contribution in [0.2, 0.25) is 0 Å². The van der Waals surface area contributed by atoms with E-state index in [0.29, 0.717) is 38.8 Å². The van der Waals surface area contributed by atoms with Crippen LogP contribution >= 0.6 is 0 Å². The third-order valence-electron chi connectivity index (χ3n) is 6.84. The van der Waals surface area contributed by atoms with Gasteiger partial charge >= 0.3 is 12.1 Å². The van der Waals surface area contributed by atoms with Crippen molar-refractivity contribution in [3.63, 3.8) is 0 Å². The number of ether oxygens (including phenoxy) is 2. The minimum atomic E-state index is -0.803. The number of methoxy groups -OCH3 is 1. The van der Waals surface area contributed by atoms with Gasteiger partial charge in [0, 0.05) is 13.1 Å². The lowest BCUT2D eigenvalue weighted by Crippen LogP contribution is -2.52. The number of nitrogens with zero attached hydrogens (tertiary/aromatic N) is 2. The number of rotatable bonds is 12. The molecular weight excluding hydrogens is 552 g/mol. The first-order valence-corrected chi connectivity index (χ1v) is 13.6. The molecule has 0 radical (unpaired) electrons. The van der Waals surface area contributed by atoms with Gasteiger partial charge in [0.05, 0.1) is 20.2 Å². The largest absolute Gasteiger partial charge is 0.468 e. The smallest absolute Gasteiger partial charge is 0.407 e. The molecule has 0 saturated carbocycles. The van der Waals surface area contributed by atoms with E-state index in [9.17, 15) is 33.6 Å². The summed E-state index contributed by atoms with van der Waals surface area (Å²) < 4.78 is 9.57. The summed E-state index contributed by atoms with van der Waals surface area (Å²) in [5.41, 5.74) is 0.795.